The Bertz CT molecular complexity index is 75.5. The third-order valence-corrected chi connectivity index (χ3v) is 0. The maximum Gasteiger partial charge on any atom is 0.298 e. The normalized spacial score (nSPS) is 9.56. The summed E-state index contributed by atoms with van der Waals surface area (Å²) in [5.41, 5.74) is 5.35. The van der Waals surface area contributed by atoms with E-state index in [4.69, 9.17) is 10.5 Å². The third-order valence-electron chi connectivity index (χ3n) is 0. The van der Waals surface area contributed by atoms with Gasteiger partial charge >= 0.3 is 0 Å². The van der Waals surface area contributed by atoms with Gasteiger partial charge in [-0.2, -0.15) is 4.39 Å². The Morgan fingerprint density at radius 2 is 1.44 bits per heavy atom. The van der Waals surface area contributed by atoms with Crippen molar-refractivity contribution in [3.63, 3.8) is 0 Å². The van der Waals surface area contributed by atoms with E-state index in [2.05, 4.69) is 0 Å². The first-order chi connectivity index (χ1) is 3.73. The summed E-state index contributed by atoms with van der Waals surface area (Å²) in [6.07, 6.45) is 0. The molecule has 0 fully saturated rings. The second-order valence-corrected chi connectivity index (χ2v) is 2.84. The fraction of sp³-hybridized carbons (Fsp3) is 0.833. The molecule has 0 spiro atoms. The Labute approximate surface area is 55.2 Å². The first kappa shape index (κ1) is 11.4. The van der Waals surface area contributed by atoms with Gasteiger partial charge in [0.2, 0.25) is 0 Å². The predicted molar refractivity (Wildman–Crippen MR) is 35.7 cm³/mol. The molecule has 0 saturated heterocycles. The molecule has 0 aromatic rings. The van der Waals surface area contributed by atoms with Gasteiger partial charge in [-0.15, -0.1) is 0 Å². The summed E-state index contributed by atoms with van der Waals surface area (Å²) in [4.78, 5) is 8.78. The molecule has 56 valence electrons. The number of rotatable bonds is 0. The molecule has 0 bridgehead atoms. The maximum absolute atomic E-state index is 10.4. The minimum atomic E-state index is -1.33. The Hall–Kier alpha value is -0.440. The molecule has 2 nitrogen and oxygen atoms in total. The van der Waals surface area contributed by atoms with Crippen LogP contribution in [0.3, 0.4) is 0 Å². The molecule has 0 radical (unpaired) electrons. The predicted octanol–water partition coefficient (Wildman–Crippen LogP) is 1.25. The highest BCUT2D eigenvalue weighted by Crippen LogP contribution is 1.88. The van der Waals surface area contributed by atoms with Crippen LogP contribution in [0.5, 0.6) is 0 Å². The van der Waals surface area contributed by atoms with E-state index >= 15 is 0 Å². The Morgan fingerprint density at radius 3 is 1.44 bits per heavy atom. The molecular weight excluding hydrogens is 121 g/mol. The van der Waals surface area contributed by atoms with Crippen LogP contribution in [0.25, 0.3) is 0 Å². The monoisotopic (exact) mass is 135 g/mol. The van der Waals surface area contributed by atoms with Crippen molar-refractivity contribution < 1.29 is 9.18 Å². The molecule has 0 unspecified atom stereocenters. The number of carbonyl (C=O) groups is 1. The van der Waals surface area contributed by atoms with Crippen molar-refractivity contribution in [3.05, 3.63) is 0 Å². The highest BCUT2D eigenvalue weighted by Gasteiger charge is 1.95. The molecule has 0 saturated carbocycles. The van der Waals surface area contributed by atoms with Crippen LogP contribution in [0.1, 0.15) is 27.7 Å². The van der Waals surface area contributed by atoms with E-state index in [1.165, 1.54) is 0 Å². The number of hydrogen-bond donors (Lipinski definition) is 1. The second-order valence-electron chi connectivity index (χ2n) is 2.84. The SMILES string of the molecule is CC(=O)F.CC(C)(C)N. The molecular formula is C6H14FNO. The van der Waals surface area contributed by atoms with Crippen molar-refractivity contribution >= 4 is 6.04 Å². The molecule has 0 rings (SSSR count). The van der Waals surface area contributed by atoms with Gasteiger partial charge in [0.15, 0.2) is 0 Å². The highest BCUT2D eigenvalue weighted by atomic mass is 19.1. The summed E-state index contributed by atoms with van der Waals surface area (Å²) in [5, 5.41) is 0. The van der Waals surface area contributed by atoms with Crippen LogP contribution in [-0.2, 0) is 4.79 Å². The van der Waals surface area contributed by atoms with Crippen molar-refractivity contribution in [1.82, 2.24) is 0 Å². The Morgan fingerprint density at radius 1 is 1.44 bits per heavy atom. The van der Waals surface area contributed by atoms with E-state index in [1.54, 1.807) is 0 Å². The zero-order valence-electron chi connectivity index (χ0n) is 6.36. The van der Waals surface area contributed by atoms with Gasteiger partial charge in [0.05, 0.1) is 0 Å². The zero-order valence-corrected chi connectivity index (χ0v) is 6.36. The fourth-order valence-electron chi connectivity index (χ4n) is 0. The minimum Gasteiger partial charge on any atom is -0.326 e. The molecule has 0 aliphatic heterocycles. The average molecular weight is 135 g/mol. The molecule has 0 aromatic carbocycles. The van der Waals surface area contributed by atoms with Crippen molar-refractivity contribution in [2.45, 2.75) is 33.2 Å². The summed E-state index contributed by atoms with van der Waals surface area (Å²) in [6, 6.07) is -1.33. The summed E-state index contributed by atoms with van der Waals surface area (Å²) < 4.78 is 10.4. The molecule has 0 heterocycles. The third kappa shape index (κ3) is 1210. The van der Waals surface area contributed by atoms with Gasteiger partial charge in [-0.1, -0.05) is 0 Å². The molecule has 0 aliphatic rings. The van der Waals surface area contributed by atoms with Gasteiger partial charge in [0, 0.05) is 12.5 Å². The van der Waals surface area contributed by atoms with Crippen LogP contribution in [0.4, 0.5) is 4.39 Å². The number of halogens is 1. The molecule has 9 heavy (non-hydrogen) atoms. The van der Waals surface area contributed by atoms with Gasteiger partial charge in [0.25, 0.3) is 6.04 Å². The highest BCUT2D eigenvalue weighted by molar-refractivity contribution is 5.64. The lowest BCUT2D eigenvalue weighted by molar-refractivity contribution is -0.126. The van der Waals surface area contributed by atoms with Gasteiger partial charge in [-0.25, -0.2) is 0 Å². The van der Waals surface area contributed by atoms with E-state index in [0.29, 0.717) is 0 Å². The lowest BCUT2D eigenvalue weighted by Gasteiger charge is -2.06. The largest absolute Gasteiger partial charge is 0.326 e. The van der Waals surface area contributed by atoms with Crippen molar-refractivity contribution in [3.8, 4) is 0 Å². The quantitative estimate of drug-likeness (QED) is 0.508. The van der Waals surface area contributed by atoms with Crippen LogP contribution < -0.4 is 5.73 Å². The molecule has 0 aromatic heterocycles. The summed E-state index contributed by atoms with van der Waals surface area (Å²) in [5.74, 6) is 0. The van der Waals surface area contributed by atoms with E-state index in [1.807, 2.05) is 20.8 Å². The smallest absolute Gasteiger partial charge is 0.298 e. The van der Waals surface area contributed by atoms with Gasteiger partial charge in [-0.3, -0.25) is 4.79 Å². The maximum atomic E-state index is 10.4. The summed E-state index contributed by atoms with van der Waals surface area (Å²) in [7, 11) is 0. The zero-order chi connectivity index (χ0) is 8.08. The fourth-order valence-corrected chi connectivity index (χ4v) is 0. The molecule has 0 amide bonds. The van der Waals surface area contributed by atoms with E-state index in [9.17, 15) is 4.39 Å². The number of nitrogens with two attached hydrogens (primary N) is 1. The van der Waals surface area contributed by atoms with E-state index in [0.717, 1.165) is 6.92 Å². The molecule has 0 aliphatic carbocycles. The van der Waals surface area contributed by atoms with Crippen LogP contribution >= 0.6 is 0 Å². The number of carbonyl (C=O) groups excluding carboxylic acids is 1. The summed E-state index contributed by atoms with van der Waals surface area (Å²) in [6.45, 7) is 6.76. The Balaban J connectivity index is 0. The molecule has 0 atom stereocenters. The molecule has 2 N–H and O–H groups in total. The van der Waals surface area contributed by atoms with Crippen LogP contribution in [0.2, 0.25) is 0 Å². The lowest BCUT2D eigenvalue weighted by atomic mass is 10.1. The van der Waals surface area contributed by atoms with Crippen molar-refractivity contribution in [1.29, 1.82) is 0 Å². The Kier molecular flexibility index (Phi) is 5.61. The van der Waals surface area contributed by atoms with Gasteiger partial charge in [-0.05, 0) is 20.8 Å². The van der Waals surface area contributed by atoms with Gasteiger partial charge < -0.3 is 5.73 Å². The molecule has 3 heteroatoms. The van der Waals surface area contributed by atoms with Crippen LogP contribution in [-0.4, -0.2) is 11.6 Å². The number of hydrogen-bond acceptors (Lipinski definition) is 2. The topological polar surface area (TPSA) is 43.1 Å². The second kappa shape index (κ2) is 4.44. The van der Waals surface area contributed by atoms with Crippen molar-refractivity contribution in [2.75, 3.05) is 0 Å². The first-order valence-corrected chi connectivity index (χ1v) is 2.68. The van der Waals surface area contributed by atoms with E-state index in [-0.39, 0.29) is 5.54 Å². The average Bonchev–Trinajstić information content (AvgIpc) is 1.19. The minimum absolute atomic E-state index is 0. The van der Waals surface area contributed by atoms with E-state index < -0.39 is 6.04 Å². The van der Waals surface area contributed by atoms with Crippen LogP contribution in [0, 0.1) is 0 Å². The summed E-state index contributed by atoms with van der Waals surface area (Å²) >= 11 is 0. The van der Waals surface area contributed by atoms with Crippen molar-refractivity contribution in [2.24, 2.45) is 5.73 Å². The van der Waals surface area contributed by atoms with Crippen LogP contribution in [0.15, 0.2) is 0 Å². The van der Waals surface area contributed by atoms with Gasteiger partial charge in [0.1, 0.15) is 0 Å². The first-order valence-electron chi connectivity index (χ1n) is 2.68. The standard InChI is InChI=1S/C4H11N.C2H3FO/c1-4(2,3)5;1-2(3)4/h5H2,1-3H3;1H3. The lowest BCUT2D eigenvalue weighted by Crippen LogP contribution is -2.26.